The van der Waals surface area contributed by atoms with Gasteiger partial charge in [-0.25, -0.2) is 4.79 Å². The summed E-state index contributed by atoms with van der Waals surface area (Å²) in [6, 6.07) is 22.2. The van der Waals surface area contributed by atoms with Crippen LogP contribution in [-0.4, -0.2) is 47.5 Å². The van der Waals surface area contributed by atoms with Gasteiger partial charge in [0.25, 0.3) is 0 Å². The summed E-state index contributed by atoms with van der Waals surface area (Å²) in [5.41, 5.74) is 1.99. The van der Waals surface area contributed by atoms with Crippen molar-refractivity contribution in [1.82, 2.24) is 9.80 Å². The maximum Gasteiger partial charge on any atom is 0.322 e. The van der Waals surface area contributed by atoms with Crippen LogP contribution in [0.4, 0.5) is 10.5 Å². The monoisotopic (exact) mass is 488 g/mol. The molecule has 1 fully saturated rings. The Morgan fingerprint density at radius 1 is 1.06 bits per heavy atom. The number of carbonyl (C=O) groups is 2. The minimum atomic E-state index is -0.389. The SMILES string of the molecule is N#Cc1cccc(NC(=O)N(CC(=O)N(Cc2ccccc2)Cc2cccs2)CC2CCCO2)c1. The quantitative estimate of drug-likeness (QED) is 0.466. The Labute approximate surface area is 209 Å². The number of urea groups is 1. The van der Waals surface area contributed by atoms with E-state index >= 15 is 0 Å². The van der Waals surface area contributed by atoms with Gasteiger partial charge in [0, 0.05) is 30.3 Å². The summed E-state index contributed by atoms with van der Waals surface area (Å²) in [6.07, 6.45) is 1.69. The summed E-state index contributed by atoms with van der Waals surface area (Å²) in [4.78, 5) is 31.2. The van der Waals surface area contributed by atoms with Crippen LogP contribution in [-0.2, 0) is 22.6 Å². The van der Waals surface area contributed by atoms with E-state index in [-0.39, 0.29) is 24.6 Å². The highest BCUT2D eigenvalue weighted by molar-refractivity contribution is 7.09. The molecule has 4 rings (SSSR count). The number of ether oxygens (including phenoxy) is 1. The molecule has 0 bridgehead atoms. The van der Waals surface area contributed by atoms with Gasteiger partial charge in [-0.2, -0.15) is 5.26 Å². The number of hydrogen-bond acceptors (Lipinski definition) is 5. The fourth-order valence-electron chi connectivity index (χ4n) is 4.01. The van der Waals surface area contributed by atoms with Crippen molar-refractivity contribution in [2.45, 2.75) is 32.0 Å². The van der Waals surface area contributed by atoms with E-state index in [1.807, 2.05) is 47.8 Å². The third kappa shape index (κ3) is 7.15. The first-order valence-corrected chi connectivity index (χ1v) is 12.5. The number of hydrogen-bond donors (Lipinski definition) is 1. The number of nitrogens with one attached hydrogen (secondary N) is 1. The topological polar surface area (TPSA) is 85.7 Å². The lowest BCUT2D eigenvalue weighted by Crippen LogP contribution is -2.46. The van der Waals surface area contributed by atoms with Gasteiger partial charge in [0.05, 0.1) is 24.3 Å². The first-order valence-electron chi connectivity index (χ1n) is 11.6. The summed E-state index contributed by atoms with van der Waals surface area (Å²) < 4.78 is 5.76. The van der Waals surface area contributed by atoms with Gasteiger partial charge in [-0.15, -0.1) is 11.3 Å². The van der Waals surface area contributed by atoms with Crippen molar-refractivity contribution in [3.05, 3.63) is 88.1 Å². The Morgan fingerprint density at radius 3 is 2.63 bits per heavy atom. The van der Waals surface area contributed by atoms with Crippen molar-refractivity contribution in [2.75, 3.05) is 25.0 Å². The van der Waals surface area contributed by atoms with E-state index in [4.69, 9.17) is 10.00 Å². The molecule has 1 aromatic heterocycles. The van der Waals surface area contributed by atoms with E-state index in [1.54, 1.807) is 40.5 Å². The first-order chi connectivity index (χ1) is 17.1. The molecule has 0 aliphatic carbocycles. The predicted octanol–water partition coefficient (Wildman–Crippen LogP) is 4.86. The highest BCUT2D eigenvalue weighted by Gasteiger charge is 2.27. The zero-order valence-corrected chi connectivity index (χ0v) is 20.2. The van der Waals surface area contributed by atoms with Gasteiger partial charge < -0.3 is 19.9 Å². The zero-order chi connectivity index (χ0) is 24.5. The van der Waals surface area contributed by atoms with Gasteiger partial charge in [0.2, 0.25) is 5.91 Å². The Hall–Kier alpha value is -3.67. The molecule has 35 heavy (non-hydrogen) atoms. The number of rotatable bonds is 9. The van der Waals surface area contributed by atoms with Gasteiger partial charge in [0.15, 0.2) is 0 Å². The van der Waals surface area contributed by atoms with Crippen molar-refractivity contribution in [3.63, 3.8) is 0 Å². The van der Waals surface area contributed by atoms with Gasteiger partial charge in [0.1, 0.15) is 6.54 Å². The fraction of sp³-hybridized carbons (Fsp3) is 0.296. The van der Waals surface area contributed by atoms with E-state index in [2.05, 4.69) is 11.4 Å². The standard InChI is InChI=1S/C27H28N4O3S/c28-16-22-9-4-10-23(15-22)29-27(33)31(18-24-11-5-13-34-24)20-26(32)30(19-25-12-6-14-35-25)17-21-7-2-1-3-8-21/h1-4,6-10,12,14-15,24H,5,11,13,17-20H2,(H,29,33). The van der Waals surface area contributed by atoms with Crippen LogP contribution in [0.3, 0.4) is 0 Å². The molecule has 1 aliphatic rings. The second-order valence-electron chi connectivity index (χ2n) is 8.45. The van der Waals surface area contributed by atoms with Crippen LogP contribution in [0.25, 0.3) is 0 Å². The van der Waals surface area contributed by atoms with E-state index in [9.17, 15) is 9.59 Å². The minimum Gasteiger partial charge on any atom is -0.376 e. The Bertz CT molecular complexity index is 1150. The fourth-order valence-corrected chi connectivity index (χ4v) is 4.73. The second kappa shape index (κ2) is 12.2. The molecule has 1 unspecified atom stereocenters. The highest BCUT2D eigenvalue weighted by Crippen LogP contribution is 2.18. The molecule has 7 nitrogen and oxygen atoms in total. The lowest BCUT2D eigenvalue weighted by atomic mass is 10.2. The average molecular weight is 489 g/mol. The largest absolute Gasteiger partial charge is 0.376 e. The number of nitriles is 1. The maximum absolute atomic E-state index is 13.5. The number of thiophene rings is 1. The van der Waals surface area contributed by atoms with Gasteiger partial charge in [-0.05, 0) is 48.1 Å². The van der Waals surface area contributed by atoms with Crippen LogP contribution in [0.2, 0.25) is 0 Å². The molecule has 2 heterocycles. The predicted molar refractivity (Wildman–Crippen MR) is 136 cm³/mol. The molecule has 0 spiro atoms. The van der Waals surface area contributed by atoms with Crippen molar-refractivity contribution < 1.29 is 14.3 Å². The van der Waals surface area contributed by atoms with Crippen molar-refractivity contribution in [2.24, 2.45) is 0 Å². The van der Waals surface area contributed by atoms with E-state index in [0.717, 1.165) is 23.3 Å². The summed E-state index contributed by atoms with van der Waals surface area (Å²) >= 11 is 1.60. The molecule has 1 N–H and O–H groups in total. The summed E-state index contributed by atoms with van der Waals surface area (Å²) in [5.74, 6) is -0.138. The lowest BCUT2D eigenvalue weighted by molar-refractivity contribution is -0.133. The molecule has 8 heteroatoms. The normalized spacial score (nSPS) is 14.8. The molecule has 1 saturated heterocycles. The lowest BCUT2D eigenvalue weighted by Gasteiger charge is -2.29. The molecule has 3 aromatic rings. The molecule has 0 radical (unpaired) electrons. The van der Waals surface area contributed by atoms with Gasteiger partial charge >= 0.3 is 6.03 Å². The van der Waals surface area contributed by atoms with Crippen LogP contribution in [0.15, 0.2) is 72.1 Å². The van der Waals surface area contributed by atoms with Gasteiger partial charge in [-0.3, -0.25) is 4.79 Å². The number of benzene rings is 2. The number of carbonyl (C=O) groups excluding carboxylic acids is 2. The molecular weight excluding hydrogens is 460 g/mol. The van der Waals surface area contributed by atoms with Crippen LogP contribution >= 0.6 is 11.3 Å². The van der Waals surface area contributed by atoms with Crippen LogP contribution in [0.5, 0.6) is 0 Å². The van der Waals surface area contributed by atoms with Crippen LogP contribution < -0.4 is 5.32 Å². The number of nitrogens with zero attached hydrogens (tertiary/aromatic N) is 3. The van der Waals surface area contributed by atoms with Crippen LogP contribution in [0.1, 0.15) is 28.8 Å². The Kier molecular flexibility index (Phi) is 8.49. The molecule has 180 valence electrons. The van der Waals surface area contributed by atoms with Crippen molar-refractivity contribution in [3.8, 4) is 6.07 Å². The number of anilines is 1. The average Bonchev–Trinajstić information content (AvgIpc) is 3.58. The highest BCUT2D eigenvalue weighted by atomic mass is 32.1. The third-order valence-corrected chi connectivity index (χ3v) is 6.66. The third-order valence-electron chi connectivity index (χ3n) is 5.80. The molecule has 2 aromatic carbocycles. The van der Waals surface area contributed by atoms with Crippen LogP contribution in [0, 0.1) is 11.3 Å². The minimum absolute atomic E-state index is 0.0676. The summed E-state index contributed by atoms with van der Waals surface area (Å²) in [5, 5.41) is 14.0. The Morgan fingerprint density at radius 2 is 1.91 bits per heavy atom. The summed E-state index contributed by atoms with van der Waals surface area (Å²) in [6.45, 7) is 1.86. The van der Waals surface area contributed by atoms with Crippen molar-refractivity contribution in [1.29, 1.82) is 5.26 Å². The zero-order valence-electron chi connectivity index (χ0n) is 19.4. The number of amides is 3. The second-order valence-corrected chi connectivity index (χ2v) is 9.49. The first kappa shape index (κ1) is 24.5. The Balaban J connectivity index is 1.50. The van der Waals surface area contributed by atoms with Crippen molar-refractivity contribution >= 4 is 29.0 Å². The summed E-state index contributed by atoms with van der Waals surface area (Å²) in [7, 11) is 0. The van der Waals surface area contributed by atoms with E-state index in [0.29, 0.717) is 37.5 Å². The smallest absolute Gasteiger partial charge is 0.322 e. The van der Waals surface area contributed by atoms with E-state index in [1.165, 1.54) is 4.90 Å². The van der Waals surface area contributed by atoms with Gasteiger partial charge in [-0.1, -0.05) is 42.5 Å². The molecular formula is C27H28N4O3S. The molecule has 1 atom stereocenters. The van der Waals surface area contributed by atoms with E-state index < -0.39 is 0 Å². The molecule has 1 aliphatic heterocycles. The maximum atomic E-state index is 13.5. The molecule has 0 saturated carbocycles. The molecule has 3 amide bonds.